The van der Waals surface area contributed by atoms with Gasteiger partial charge in [0.1, 0.15) is 0 Å². The molecule has 0 spiro atoms. The van der Waals surface area contributed by atoms with Crippen molar-refractivity contribution in [3.8, 4) is 0 Å². The Kier molecular flexibility index (Phi) is 5.40. The summed E-state index contributed by atoms with van der Waals surface area (Å²) in [5.41, 5.74) is 5.90. The molecule has 84 valence electrons. The summed E-state index contributed by atoms with van der Waals surface area (Å²) in [5, 5.41) is 0. The van der Waals surface area contributed by atoms with E-state index in [-0.39, 0.29) is 6.04 Å². The first-order valence-electron chi connectivity index (χ1n) is 5.31. The molecule has 1 fully saturated rings. The molecule has 4 heteroatoms. The highest BCUT2D eigenvalue weighted by atomic mass is 16.5. The molecule has 1 aliphatic heterocycles. The van der Waals surface area contributed by atoms with E-state index in [4.69, 9.17) is 15.2 Å². The molecule has 0 bridgehead atoms. The van der Waals surface area contributed by atoms with Gasteiger partial charge in [-0.25, -0.2) is 0 Å². The lowest BCUT2D eigenvalue weighted by Crippen LogP contribution is -2.42. The molecule has 0 aliphatic carbocycles. The molecule has 0 aromatic rings. The molecule has 1 saturated heterocycles. The van der Waals surface area contributed by atoms with Crippen LogP contribution in [0.25, 0.3) is 0 Å². The molecule has 0 aromatic carbocycles. The number of methoxy groups -OCH3 is 1. The van der Waals surface area contributed by atoms with Crippen LogP contribution < -0.4 is 5.73 Å². The van der Waals surface area contributed by atoms with Crippen molar-refractivity contribution in [3.63, 3.8) is 0 Å². The van der Waals surface area contributed by atoms with E-state index in [1.165, 1.54) is 0 Å². The van der Waals surface area contributed by atoms with E-state index in [9.17, 15) is 0 Å². The maximum Gasteiger partial charge on any atom is 0.0673 e. The molecular formula is C10H22N2O2. The highest BCUT2D eigenvalue weighted by Gasteiger charge is 2.16. The minimum absolute atomic E-state index is 0.116. The van der Waals surface area contributed by atoms with Gasteiger partial charge in [0.05, 0.1) is 12.7 Å². The van der Waals surface area contributed by atoms with Crippen LogP contribution in [0.3, 0.4) is 0 Å². The number of hydrogen-bond acceptors (Lipinski definition) is 4. The predicted octanol–water partition coefficient (Wildman–Crippen LogP) is 0.0709. The molecule has 4 nitrogen and oxygen atoms in total. The fraction of sp³-hybridized carbons (Fsp3) is 1.00. The Morgan fingerprint density at radius 3 is 3.14 bits per heavy atom. The first kappa shape index (κ1) is 11.9. The van der Waals surface area contributed by atoms with Crippen LogP contribution in [0.4, 0.5) is 0 Å². The van der Waals surface area contributed by atoms with Crippen LogP contribution in [-0.2, 0) is 9.47 Å². The summed E-state index contributed by atoms with van der Waals surface area (Å²) in [6, 6.07) is 0.116. The van der Waals surface area contributed by atoms with Gasteiger partial charge in [0.15, 0.2) is 0 Å². The summed E-state index contributed by atoms with van der Waals surface area (Å²) in [4.78, 5) is 2.36. The van der Waals surface area contributed by atoms with Crippen molar-refractivity contribution in [1.82, 2.24) is 4.90 Å². The minimum atomic E-state index is 0.116. The second kappa shape index (κ2) is 6.35. The third-order valence-corrected chi connectivity index (χ3v) is 2.41. The first-order chi connectivity index (χ1) is 6.72. The Morgan fingerprint density at radius 1 is 1.64 bits per heavy atom. The lowest BCUT2D eigenvalue weighted by atomic mass is 10.2. The smallest absolute Gasteiger partial charge is 0.0673 e. The third kappa shape index (κ3) is 4.37. The summed E-state index contributed by atoms with van der Waals surface area (Å²) < 4.78 is 10.6. The fourth-order valence-electron chi connectivity index (χ4n) is 1.84. The molecule has 1 rings (SSSR count). The van der Waals surface area contributed by atoms with Gasteiger partial charge < -0.3 is 15.2 Å². The van der Waals surface area contributed by atoms with Crippen LogP contribution >= 0.6 is 0 Å². The monoisotopic (exact) mass is 202 g/mol. The average molecular weight is 202 g/mol. The SMILES string of the molecule is COCC(N)CN1CCCOC(C)C1. The largest absolute Gasteiger partial charge is 0.383 e. The van der Waals surface area contributed by atoms with Gasteiger partial charge in [-0.05, 0) is 13.3 Å². The van der Waals surface area contributed by atoms with Crippen LogP contribution in [-0.4, -0.2) is 57.0 Å². The molecule has 1 heterocycles. The van der Waals surface area contributed by atoms with E-state index in [0.29, 0.717) is 12.7 Å². The zero-order valence-corrected chi connectivity index (χ0v) is 9.24. The van der Waals surface area contributed by atoms with Crippen molar-refractivity contribution >= 4 is 0 Å². The van der Waals surface area contributed by atoms with Crippen molar-refractivity contribution in [1.29, 1.82) is 0 Å². The van der Waals surface area contributed by atoms with Crippen LogP contribution in [0.5, 0.6) is 0 Å². The summed E-state index contributed by atoms with van der Waals surface area (Å²) in [7, 11) is 1.69. The molecule has 2 N–H and O–H groups in total. The van der Waals surface area contributed by atoms with Crippen LogP contribution in [0.15, 0.2) is 0 Å². The number of rotatable bonds is 4. The number of hydrogen-bond donors (Lipinski definition) is 1. The Hall–Kier alpha value is -0.160. The maximum absolute atomic E-state index is 5.90. The summed E-state index contributed by atoms with van der Waals surface area (Å²) in [6.45, 7) is 6.59. The van der Waals surface area contributed by atoms with Gasteiger partial charge in [0.2, 0.25) is 0 Å². The van der Waals surface area contributed by atoms with Gasteiger partial charge in [0, 0.05) is 39.4 Å². The normalized spacial score (nSPS) is 27.2. The Bertz CT molecular complexity index is 155. The standard InChI is InChI=1S/C10H22N2O2/c1-9-6-12(4-3-5-14-9)7-10(11)8-13-2/h9-10H,3-8,11H2,1-2H3. The summed E-state index contributed by atoms with van der Waals surface area (Å²) in [5.74, 6) is 0. The third-order valence-electron chi connectivity index (χ3n) is 2.41. The fourth-order valence-corrected chi connectivity index (χ4v) is 1.84. The second-order valence-electron chi connectivity index (χ2n) is 4.01. The van der Waals surface area contributed by atoms with E-state index in [1.807, 2.05) is 0 Å². The molecule has 2 atom stereocenters. The van der Waals surface area contributed by atoms with Gasteiger partial charge in [-0.3, -0.25) is 4.90 Å². The molecule has 2 unspecified atom stereocenters. The van der Waals surface area contributed by atoms with Crippen molar-refractivity contribution in [3.05, 3.63) is 0 Å². The first-order valence-corrected chi connectivity index (χ1v) is 5.31. The van der Waals surface area contributed by atoms with Gasteiger partial charge >= 0.3 is 0 Å². The maximum atomic E-state index is 5.90. The molecule has 0 radical (unpaired) electrons. The van der Waals surface area contributed by atoms with Gasteiger partial charge in [-0.1, -0.05) is 0 Å². The van der Waals surface area contributed by atoms with Crippen molar-refractivity contribution < 1.29 is 9.47 Å². The van der Waals surface area contributed by atoms with Gasteiger partial charge in [-0.2, -0.15) is 0 Å². The summed E-state index contributed by atoms with van der Waals surface area (Å²) in [6.07, 6.45) is 1.43. The number of nitrogens with zero attached hydrogens (tertiary/aromatic N) is 1. The zero-order chi connectivity index (χ0) is 10.4. The van der Waals surface area contributed by atoms with E-state index in [1.54, 1.807) is 7.11 Å². The summed E-state index contributed by atoms with van der Waals surface area (Å²) >= 11 is 0. The highest BCUT2D eigenvalue weighted by Crippen LogP contribution is 2.05. The van der Waals surface area contributed by atoms with E-state index < -0.39 is 0 Å². The second-order valence-corrected chi connectivity index (χ2v) is 4.01. The van der Waals surface area contributed by atoms with E-state index in [0.717, 1.165) is 32.7 Å². The quantitative estimate of drug-likeness (QED) is 0.701. The Morgan fingerprint density at radius 2 is 2.43 bits per heavy atom. The van der Waals surface area contributed by atoms with Crippen molar-refractivity contribution in [2.45, 2.75) is 25.5 Å². The van der Waals surface area contributed by atoms with Crippen molar-refractivity contribution in [2.24, 2.45) is 5.73 Å². The lowest BCUT2D eigenvalue weighted by molar-refractivity contribution is 0.0649. The predicted molar refractivity (Wildman–Crippen MR) is 56.3 cm³/mol. The van der Waals surface area contributed by atoms with Crippen LogP contribution in [0, 0.1) is 0 Å². The van der Waals surface area contributed by atoms with Gasteiger partial charge in [-0.15, -0.1) is 0 Å². The average Bonchev–Trinajstić information content (AvgIpc) is 2.30. The van der Waals surface area contributed by atoms with Gasteiger partial charge in [0.25, 0.3) is 0 Å². The van der Waals surface area contributed by atoms with E-state index in [2.05, 4.69) is 11.8 Å². The number of ether oxygens (including phenoxy) is 2. The topological polar surface area (TPSA) is 47.7 Å². The zero-order valence-electron chi connectivity index (χ0n) is 9.24. The molecule has 0 saturated carbocycles. The molecule has 0 amide bonds. The van der Waals surface area contributed by atoms with Crippen LogP contribution in [0.1, 0.15) is 13.3 Å². The molecule has 0 aromatic heterocycles. The molecule has 1 aliphatic rings. The van der Waals surface area contributed by atoms with Crippen LogP contribution in [0.2, 0.25) is 0 Å². The van der Waals surface area contributed by atoms with Crippen molar-refractivity contribution in [2.75, 3.05) is 40.0 Å². The van der Waals surface area contributed by atoms with E-state index >= 15 is 0 Å². The lowest BCUT2D eigenvalue weighted by Gasteiger charge is -2.24. The molecule has 14 heavy (non-hydrogen) atoms. The highest BCUT2D eigenvalue weighted by molar-refractivity contribution is 4.72. The Balaban J connectivity index is 2.27. The number of nitrogens with two attached hydrogens (primary N) is 1. The Labute approximate surface area is 86.3 Å². The molecular weight excluding hydrogens is 180 g/mol. The minimum Gasteiger partial charge on any atom is -0.383 e.